The van der Waals surface area contributed by atoms with E-state index in [2.05, 4.69) is 35.8 Å². The Bertz CT molecular complexity index is 1720. The van der Waals surface area contributed by atoms with E-state index in [1.54, 1.807) is 17.1 Å². The fourth-order valence-electron chi connectivity index (χ4n) is 6.97. The summed E-state index contributed by atoms with van der Waals surface area (Å²) < 4.78 is 31.1. The monoisotopic (exact) mass is 649 g/mol. The summed E-state index contributed by atoms with van der Waals surface area (Å²) in [4.78, 5) is 58.4. The summed E-state index contributed by atoms with van der Waals surface area (Å²) in [6.45, 7) is 5.42. The highest BCUT2D eigenvalue weighted by Gasteiger charge is 2.51. The number of amides is 4. The Morgan fingerprint density at radius 2 is 1.81 bits per heavy atom. The number of pyridine rings is 1. The highest BCUT2D eigenvalue weighted by atomic mass is 19.3. The first kappa shape index (κ1) is 30.9. The highest BCUT2D eigenvalue weighted by Crippen LogP contribution is 2.46. The molecule has 4 amide bonds. The Morgan fingerprint density at radius 1 is 1.04 bits per heavy atom. The van der Waals surface area contributed by atoms with Crippen molar-refractivity contribution in [2.45, 2.75) is 70.3 Å². The number of piperidine rings is 2. The molecule has 1 atom stereocenters. The smallest absolute Gasteiger partial charge is 0.276 e. The number of hydrogen-bond acceptors (Lipinski definition) is 8. The van der Waals surface area contributed by atoms with Crippen LogP contribution in [0.4, 0.5) is 20.3 Å². The standard InChI is InChI=1S/C32H37F2N9O4/c1-31(2)12-24-23(11-32(31,33)34)27(40-39-24)29(46)37-20-14-36-43(15-20)21-16-42(17-21)30(47)18-7-9-41(10-8-18)25-5-3-19(13-35-25)22-4-6-26(44)38-28(22)45/h3,5,13-15,18,21-22H,4,6-12,16-17H2,1-2H3,(H,37,46)(H,39,40)(H,38,44,45). The lowest BCUT2D eigenvalue weighted by Gasteiger charge is -2.42. The largest absolute Gasteiger partial charge is 0.357 e. The molecule has 7 rings (SSSR count). The molecule has 6 heterocycles. The molecule has 1 aliphatic carbocycles. The third-order valence-corrected chi connectivity index (χ3v) is 10.2. The number of carbonyl (C=O) groups excluding carboxylic acids is 4. The van der Waals surface area contributed by atoms with Crippen LogP contribution in [0, 0.1) is 11.3 Å². The van der Waals surface area contributed by atoms with E-state index < -0.39 is 23.7 Å². The number of carbonyl (C=O) groups is 4. The summed E-state index contributed by atoms with van der Waals surface area (Å²) in [5.41, 5.74) is 0.750. The van der Waals surface area contributed by atoms with E-state index in [0.717, 1.165) is 11.4 Å². The molecule has 4 aliphatic rings. The molecular weight excluding hydrogens is 612 g/mol. The third kappa shape index (κ3) is 5.76. The van der Waals surface area contributed by atoms with Crippen molar-refractivity contribution in [1.29, 1.82) is 0 Å². The van der Waals surface area contributed by atoms with Crippen LogP contribution in [0.5, 0.6) is 0 Å². The third-order valence-electron chi connectivity index (χ3n) is 10.2. The number of halogens is 2. The second-order valence-electron chi connectivity index (χ2n) is 13.7. The molecule has 0 aromatic carbocycles. The number of fused-ring (bicyclic) bond motifs is 1. The fraction of sp³-hybridized carbons (Fsp3) is 0.531. The van der Waals surface area contributed by atoms with Crippen LogP contribution < -0.4 is 15.5 Å². The van der Waals surface area contributed by atoms with E-state index >= 15 is 0 Å². The van der Waals surface area contributed by atoms with Gasteiger partial charge in [-0.1, -0.05) is 19.9 Å². The number of likely N-dealkylation sites (tertiary alicyclic amines) is 1. The molecule has 3 aromatic heterocycles. The van der Waals surface area contributed by atoms with Gasteiger partial charge in [-0.25, -0.2) is 13.8 Å². The van der Waals surface area contributed by atoms with Crippen molar-refractivity contribution in [3.8, 4) is 0 Å². The number of anilines is 2. The quantitative estimate of drug-likeness (QED) is 0.344. The maximum absolute atomic E-state index is 14.7. The lowest BCUT2D eigenvalue weighted by Crippen LogP contribution is -2.54. The Labute approximate surface area is 269 Å². The Kier molecular flexibility index (Phi) is 7.59. The summed E-state index contributed by atoms with van der Waals surface area (Å²) >= 11 is 0. The van der Waals surface area contributed by atoms with E-state index in [-0.39, 0.29) is 53.3 Å². The van der Waals surface area contributed by atoms with Crippen LogP contribution in [-0.4, -0.2) is 85.6 Å². The van der Waals surface area contributed by atoms with Gasteiger partial charge in [0.1, 0.15) is 5.82 Å². The van der Waals surface area contributed by atoms with Crippen LogP contribution in [0.25, 0.3) is 0 Å². The van der Waals surface area contributed by atoms with E-state index in [1.165, 1.54) is 20.0 Å². The van der Waals surface area contributed by atoms with Crippen LogP contribution in [0.2, 0.25) is 0 Å². The van der Waals surface area contributed by atoms with Crippen LogP contribution in [0.1, 0.15) is 78.8 Å². The molecule has 0 saturated carbocycles. The summed E-state index contributed by atoms with van der Waals surface area (Å²) in [6, 6.07) is 3.75. The van der Waals surface area contributed by atoms with Gasteiger partial charge in [-0.15, -0.1) is 0 Å². The number of imide groups is 1. The molecule has 3 saturated heterocycles. The zero-order valence-electron chi connectivity index (χ0n) is 26.3. The van der Waals surface area contributed by atoms with Gasteiger partial charge >= 0.3 is 0 Å². The zero-order chi connectivity index (χ0) is 33.1. The van der Waals surface area contributed by atoms with Crippen molar-refractivity contribution < 1.29 is 28.0 Å². The van der Waals surface area contributed by atoms with Gasteiger partial charge in [0.2, 0.25) is 17.7 Å². The van der Waals surface area contributed by atoms with Crippen LogP contribution >= 0.6 is 0 Å². The molecule has 47 heavy (non-hydrogen) atoms. The van der Waals surface area contributed by atoms with Crippen molar-refractivity contribution in [2.24, 2.45) is 11.3 Å². The maximum atomic E-state index is 14.7. The van der Waals surface area contributed by atoms with Gasteiger partial charge < -0.3 is 15.1 Å². The Balaban J connectivity index is 0.882. The SMILES string of the molecule is CC1(C)Cc2[nH]nc(C(=O)Nc3cnn(C4CN(C(=O)C5CCN(c6ccc(C7CCC(=O)NC7=O)cn6)CC5)C4)c3)c2CC1(F)F. The number of aromatic amines is 1. The first-order chi connectivity index (χ1) is 22.4. The Morgan fingerprint density at radius 3 is 2.51 bits per heavy atom. The number of rotatable bonds is 6. The zero-order valence-corrected chi connectivity index (χ0v) is 26.3. The van der Waals surface area contributed by atoms with Crippen LogP contribution in [0.15, 0.2) is 30.7 Å². The molecule has 0 radical (unpaired) electrons. The van der Waals surface area contributed by atoms with Crippen molar-refractivity contribution in [2.75, 3.05) is 36.4 Å². The van der Waals surface area contributed by atoms with Gasteiger partial charge in [-0.2, -0.15) is 10.2 Å². The number of hydrogen-bond donors (Lipinski definition) is 3. The molecule has 3 aromatic rings. The number of nitrogens with one attached hydrogen (secondary N) is 3. The second-order valence-corrected chi connectivity index (χ2v) is 13.7. The molecule has 3 aliphatic heterocycles. The van der Waals surface area contributed by atoms with Gasteiger partial charge in [-0.3, -0.25) is 34.3 Å². The first-order valence-corrected chi connectivity index (χ1v) is 16.0. The van der Waals surface area contributed by atoms with Crippen molar-refractivity contribution in [1.82, 2.24) is 35.2 Å². The second kappa shape index (κ2) is 11.5. The van der Waals surface area contributed by atoms with E-state index in [4.69, 9.17) is 0 Å². The van der Waals surface area contributed by atoms with Crippen molar-refractivity contribution in [3.05, 3.63) is 53.2 Å². The number of H-pyrrole nitrogens is 1. The number of aromatic nitrogens is 5. The minimum absolute atomic E-state index is 0.0316. The fourth-order valence-corrected chi connectivity index (χ4v) is 6.97. The van der Waals surface area contributed by atoms with Gasteiger partial charge in [0, 0.05) is 80.4 Å². The molecule has 0 bridgehead atoms. The molecule has 1 unspecified atom stereocenters. The van der Waals surface area contributed by atoms with Crippen LogP contribution in [0.3, 0.4) is 0 Å². The van der Waals surface area contributed by atoms with E-state index in [9.17, 15) is 28.0 Å². The summed E-state index contributed by atoms with van der Waals surface area (Å²) in [5, 5.41) is 16.3. The Hall–Kier alpha value is -4.69. The summed E-state index contributed by atoms with van der Waals surface area (Å²) in [5.74, 6) is -3.60. The normalized spacial score (nSPS) is 22.8. The van der Waals surface area contributed by atoms with Crippen LogP contribution in [-0.2, 0) is 27.2 Å². The average molecular weight is 650 g/mol. The summed E-state index contributed by atoms with van der Waals surface area (Å²) in [6.07, 6.45) is 6.64. The molecule has 248 valence electrons. The predicted molar refractivity (Wildman–Crippen MR) is 165 cm³/mol. The molecule has 13 nitrogen and oxygen atoms in total. The van der Waals surface area contributed by atoms with Gasteiger partial charge in [0.25, 0.3) is 11.8 Å². The molecule has 3 fully saturated rings. The number of alkyl halides is 2. The topological polar surface area (TPSA) is 158 Å². The highest BCUT2D eigenvalue weighted by molar-refractivity contribution is 6.04. The van der Waals surface area contributed by atoms with Gasteiger partial charge in [0.05, 0.1) is 23.8 Å². The maximum Gasteiger partial charge on any atom is 0.276 e. The molecule has 15 heteroatoms. The van der Waals surface area contributed by atoms with Crippen molar-refractivity contribution >= 4 is 35.1 Å². The van der Waals surface area contributed by atoms with Gasteiger partial charge in [0.15, 0.2) is 5.69 Å². The number of nitrogens with zero attached hydrogens (tertiary/aromatic N) is 6. The molecule has 3 N–H and O–H groups in total. The predicted octanol–water partition coefficient (Wildman–Crippen LogP) is 2.83. The lowest BCUT2D eigenvalue weighted by molar-refractivity contribution is -0.142. The van der Waals surface area contributed by atoms with Gasteiger partial charge in [-0.05, 0) is 30.9 Å². The van der Waals surface area contributed by atoms with E-state index in [0.29, 0.717) is 63.2 Å². The summed E-state index contributed by atoms with van der Waals surface area (Å²) in [7, 11) is 0. The molecule has 0 spiro atoms. The van der Waals surface area contributed by atoms with Crippen molar-refractivity contribution in [3.63, 3.8) is 0 Å². The minimum Gasteiger partial charge on any atom is -0.357 e. The first-order valence-electron chi connectivity index (χ1n) is 16.0. The lowest BCUT2D eigenvalue weighted by atomic mass is 9.73. The average Bonchev–Trinajstić information content (AvgIpc) is 3.62. The van der Waals surface area contributed by atoms with E-state index in [1.807, 2.05) is 17.0 Å². The minimum atomic E-state index is -2.96. The molecular formula is C32H37F2N9O4.